The molecule has 0 aromatic heterocycles. The summed E-state index contributed by atoms with van der Waals surface area (Å²) in [6, 6.07) is 4.21. The van der Waals surface area contributed by atoms with E-state index in [1.807, 2.05) is 0 Å². The molecule has 29 heavy (non-hydrogen) atoms. The van der Waals surface area contributed by atoms with E-state index in [0.717, 1.165) is 4.90 Å². The number of hydrogen-bond donors (Lipinski definition) is 3. The normalized spacial score (nSPS) is 10.6. The Morgan fingerprint density at radius 3 is 1.76 bits per heavy atom. The van der Waals surface area contributed by atoms with Crippen molar-refractivity contribution in [2.45, 2.75) is 13.0 Å². The van der Waals surface area contributed by atoms with Crippen molar-refractivity contribution in [2.75, 3.05) is 31.1 Å². The molecule has 0 fully saturated rings. The van der Waals surface area contributed by atoms with Gasteiger partial charge in [0, 0.05) is 30.9 Å². The summed E-state index contributed by atoms with van der Waals surface area (Å²) in [7, 11) is 0. The lowest BCUT2D eigenvalue weighted by Gasteiger charge is -2.31. The zero-order chi connectivity index (χ0) is 19.9. The van der Waals surface area contributed by atoms with E-state index in [9.17, 15) is 29.6 Å². The first-order valence-electron chi connectivity index (χ1n) is 7.51. The summed E-state index contributed by atoms with van der Waals surface area (Å²) in [4.78, 5) is 45.7. The number of carboxylic acid groups (broad SMARTS) is 3. The molecule has 0 bridgehead atoms. The fraction of sp³-hybridized carbons (Fsp3) is 0.400. The van der Waals surface area contributed by atoms with Crippen molar-refractivity contribution >= 4 is 66.5 Å². The summed E-state index contributed by atoms with van der Waals surface area (Å²) in [5, 5.41) is 37.7. The van der Waals surface area contributed by atoms with Gasteiger partial charge in [0.1, 0.15) is 6.04 Å². The fourth-order valence-electron chi connectivity index (χ4n) is 2.29. The van der Waals surface area contributed by atoms with Gasteiger partial charge in [-0.15, -0.1) is 37.2 Å². The van der Waals surface area contributed by atoms with E-state index in [0.29, 0.717) is 5.69 Å². The number of nitro groups is 1. The molecule has 3 N–H and O–H groups in total. The second-order valence-electron chi connectivity index (χ2n) is 5.48. The molecule has 0 aliphatic rings. The zero-order valence-electron chi connectivity index (χ0n) is 15.2. The highest BCUT2D eigenvalue weighted by atomic mass is 35.5. The van der Waals surface area contributed by atoms with E-state index in [-0.39, 0.29) is 56.0 Å². The number of anilines is 1. The summed E-state index contributed by atoms with van der Waals surface area (Å²) in [5.41, 5.74) is 0.228. The number of carboxylic acids is 3. The first-order chi connectivity index (χ1) is 12.1. The standard InChI is InChI=1S/C15H19N3O8.3ClH/c1-10(15(23)24)17(11-2-4-12(5-3-11)18(25)26)7-6-16(8-13(19)20)9-14(21)22;;;/h2-5,10H,6-9H2,1H3,(H,19,20)(H,21,22)(H,23,24);3*1H/t10-;;;/m0.../s1. The average molecular weight is 479 g/mol. The molecule has 0 saturated carbocycles. The molecule has 14 heteroatoms. The number of benzene rings is 1. The monoisotopic (exact) mass is 477 g/mol. The number of nitro benzene ring substituents is 1. The molecule has 166 valence electrons. The van der Waals surface area contributed by atoms with Crippen LogP contribution < -0.4 is 4.90 Å². The number of carbonyl (C=O) groups is 3. The maximum atomic E-state index is 11.3. The summed E-state index contributed by atoms with van der Waals surface area (Å²) >= 11 is 0. The number of aliphatic carboxylic acids is 3. The van der Waals surface area contributed by atoms with E-state index in [1.165, 1.54) is 36.1 Å². The molecule has 0 saturated heterocycles. The van der Waals surface area contributed by atoms with Crippen molar-refractivity contribution in [3.8, 4) is 0 Å². The lowest BCUT2D eigenvalue weighted by atomic mass is 10.2. The maximum Gasteiger partial charge on any atom is 0.326 e. The Balaban J connectivity index is -0.00000225. The van der Waals surface area contributed by atoms with Gasteiger partial charge in [0.25, 0.3) is 5.69 Å². The lowest BCUT2D eigenvalue weighted by Crippen LogP contribution is -2.45. The molecule has 0 aliphatic heterocycles. The Hall–Kier alpha value is -2.34. The zero-order valence-corrected chi connectivity index (χ0v) is 17.6. The van der Waals surface area contributed by atoms with Crippen LogP contribution in [0.2, 0.25) is 0 Å². The van der Waals surface area contributed by atoms with Gasteiger partial charge in [-0.2, -0.15) is 0 Å². The highest BCUT2D eigenvalue weighted by molar-refractivity contribution is 5.86. The molecule has 0 spiro atoms. The molecule has 0 radical (unpaired) electrons. The molecule has 0 unspecified atom stereocenters. The van der Waals surface area contributed by atoms with E-state index in [4.69, 9.17) is 10.2 Å². The van der Waals surface area contributed by atoms with Crippen LogP contribution in [0, 0.1) is 10.1 Å². The van der Waals surface area contributed by atoms with Crippen molar-refractivity contribution in [3.05, 3.63) is 34.4 Å². The summed E-state index contributed by atoms with van der Waals surface area (Å²) in [6.45, 7) is 0.380. The van der Waals surface area contributed by atoms with E-state index in [1.54, 1.807) is 0 Å². The lowest BCUT2D eigenvalue weighted by molar-refractivity contribution is -0.384. The van der Waals surface area contributed by atoms with Gasteiger partial charge in [0.15, 0.2) is 0 Å². The van der Waals surface area contributed by atoms with Crippen LogP contribution in [-0.2, 0) is 14.4 Å². The van der Waals surface area contributed by atoms with Crippen LogP contribution in [-0.4, -0.2) is 75.3 Å². The second-order valence-corrected chi connectivity index (χ2v) is 5.48. The van der Waals surface area contributed by atoms with Gasteiger partial charge < -0.3 is 20.2 Å². The Kier molecular flexibility index (Phi) is 15.8. The number of halogens is 3. The minimum atomic E-state index is -1.21. The molecule has 1 aromatic carbocycles. The van der Waals surface area contributed by atoms with Crippen molar-refractivity contribution in [3.63, 3.8) is 0 Å². The fourth-order valence-corrected chi connectivity index (χ4v) is 2.29. The number of hydrogen-bond acceptors (Lipinski definition) is 7. The third-order valence-corrected chi connectivity index (χ3v) is 3.59. The highest BCUT2D eigenvalue weighted by Crippen LogP contribution is 2.21. The molecular weight excluding hydrogens is 457 g/mol. The first-order valence-corrected chi connectivity index (χ1v) is 7.51. The van der Waals surface area contributed by atoms with Gasteiger partial charge in [0.2, 0.25) is 0 Å². The van der Waals surface area contributed by atoms with Crippen LogP contribution in [0.4, 0.5) is 11.4 Å². The average Bonchev–Trinajstić information content (AvgIpc) is 2.53. The van der Waals surface area contributed by atoms with Gasteiger partial charge in [0.05, 0.1) is 18.0 Å². The second kappa shape index (κ2) is 14.6. The molecule has 1 rings (SSSR count). The van der Waals surface area contributed by atoms with Crippen LogP contribution in [0.5, 0.6) is 0 Å². The van der Waals surface area contributed by atoms with Crippen LogP contribution in [0.3, 0.4) is 0 Å². The largest absolute Gasteiger partial charge is 0.480 e. The van der Waals surface area contributed by atoms with Crippen molar-refractivity contribution in [1.29, 1.82) is 0 Å². The SMILES string of the molecule is C[C@@H](C(=O)O)N(CCN(CC(=O)O)CC(=O)O)c1ccc([N+](=O)[O-])cc1.Cl.Cl.Cl. The van der Waals surface area contributed by atoms with Crippen LogP contribution in [0.1, 0.15) is 6.92 Å². The van der Waals surface area contributed by atoms with Gasteiger partial charge in [-0.3, -0.25) is 24.6 Å². The van der Waals surface area contributed by atoms with Gasteiger partial charge in [-0.05, 0) is 19.1 Å². The Morgan fingerprint density at radius 2 is 1.41 bits per heavy atom. The summed E-state index contributed by atoms with van der Waals surface area (Å²) in [6.07, 6.45) is 0. The summed E-state index contributed by atoms with van der Waals surface area (Å²) < 4.78 is 0. The van der Waals surface area contributed by atoms with Crippen molar-refractivity contribution < 1.29 is 34.6 Å². The predicted molar refractivity (Wildman–Crippen MR) is 111 cm³/mol. The number of non-ortho nitro benzene ring substituents is 1. The van der Waals surface area contributed by atoms with Gasteiger partial charge >= 0.3 is 17.9 Å². The third kappa shape index (κ3) is 10.7. The minimum Gasteiger partial charge on any atom is -0.480 e. The maximum absolute atomic E-state index is 11.3. The van der Waals surface area contributed by atoms with E-state index in [2.05, 4.69) is 0 Å². The smallest absolute Gasteiger partial charge is 0.326 e. The topological polar surface area (TPSA) is 162 Å². The van der Waals surface area contributed by atoms with Crippen LogP contribution in [0.15, 0.2) is 24.3 Å². The predicted octanol–water partition coefficient (Wildman–Crippen LogP) is 1.61. The molecule has 1 aromatic rings. The molecule has 0 aliphatic carbocycles. The van der Waals surface area contributed by atoms with Crippen molar-refractivity contribution in [2.24, 2.45) is 0 Å². The minimum absolute atomic E-state index is 0. The molecule has 11 nitrogen and oxygen atoms in total. The Bertz CT molecular complexity index is 674. The summed E-state index contributed by atoms with van der Waals surface area (Å²) in [5.74, 6) is -3.56. The van der Waals surface area contributed by atoms with Crippen LogP contribution in [0.25, 0.3) is 0 Å². The van der Waals surface area contributed by atoms with Crippen molar-refractivity contribution in [1.82, 2.24) is 4.90 Å². The number of nitrogens with zero attached hydrogens (tertiary/aromatic N) is 3. The van der Waals surface area contributed by atoms with Gasteiger partial charge in [-0.1, -0.05) is 0 Å². The quantitative estimate of drug-likeness (QED) is 0.314. The van der Waals surface area contributed by atoms with E-state index < -0.39 is 42.0 Å². The van der Waals surface area contributed by atoms with E-state index >= 15 is 0 Å². The first kappa shape index (κ1) is 31.4. The molecule has 0 heterocycles. The highest BCUT2D eigenvalue weighted by Gasteiger charge is 2.23. The van der Waals surface area contributed by atoms with Crippen LogP contribution >= 0.6 is 37.2 Å². The molecular formula is C15H22Cl3N3O8. The van der Waals surface area contributed by atoms with Gasteiger partial charge in [-0.25, -0.2) is 4.79 Å². The molecule has 1 atom stereocenters. The molecule has 0 amide bonds. The number of rotatable bonds is 11. The Morgan fingerprint density at radius 1 is 0.966 bits per heavy atom. The third-order valence-electron chi connectivity index (χ3n) is 3.59. The Labute approximate surface area is 184 Å².